The first kappa shape index (κ1) is 12.0. The van der Waals surface area contributed by atoms with Crippen LogP contribution in [0.15, 0.2) is 0 Å². The monoisotopic (exact) mass is 198 g/mol. The largest absolute Gasteiger partial charge is 0.328 e. The summed E-state index contributed by atoms with van der Waals surface area (Å²) in [6, 6.07) is 1.06. The lowest BCUT2D eigenvalue weighted by molar-refractivity contribution is 0.0944. The van der Waals surface area contributed by atoms with Gasteiger partial charge in [0, 0.05) is 18.6 Å². The normalized spacial score (nSPS) is 34.1. The molecule has 1 aliphatic rings. The summed E-state index contributed by atoms with van der Waals surface area (Å²) in [6.07, 6.45) is 2.75. The van der Waals surface area contributed by atoms with Gasteiger partial charge in [0.25, 0.3) is 0 Å². The summed E-state index contributed by atoms with van der Waals surface area (Å²) in [5.41, 5.74) is 5.91. The molecule has 1 fully saturated rings. The lowest BCUT2D eigenvalue weighted by atomic mass is 9.90. The van der Waals surface area contributed by atoms with E-state index in [2.05, 4.69) is 32.6 Å². The molecule has 0 aliphatic carbocycles. The van der Waals surface area contributed by atoms with Crippen LogP contribution in [0.3, 0.4) is 0 Å². The van der Waals surface area contributed by atoms with Gasteiger partial charge in [-0.25, -0.2) is 0 Å². The number of hydrogen-bond acceptors (Lipinski definition) is 2. The van der Waals surface area contributed by atoms with Crippen LogP contribution in [0.25, 0.3) is 0 Å². The molecule has 4 unspecified atom stereocenters. The Morgan fingerprint density at radius 1 is 1.36 bits per heavy atom. The van der Waals surface area contributed by atoms with Crippen LogP contribution >= 0.6 is 0 Å². The van der Waals surface area contributed by atoms with E-state index < -0.39 is 0 Å². The Morgan fingerprint density at radius 3 is 2.57 bits per heavy atom. The summed E-state index contributed by atoms with van der Waals surface area (Å²) in [5, 5.41) is 0. The highest BCUT2D eigenvalue weighted by Gasteiger charge is 2.26. The van der Waals surface area contributed by atoms with E-state index in [0.29, 0.717) is 12.0 Å². The van der Waals surface area contributed by atoms with E-state index in [1.54, 1.807) is 0 Å². The molecule has 2 N–H and O–H groups in total. The van der Waals surface area contributed by atoms with E-state index in [-0.39, 0.29) is 0 Å². The van der Waals surface area contributed by atoms with Gasteiger partial charge in [-0.15, -0.1) is 0 Å². The van der Waals surface area contributed by atoms with Gasteiger partial charge in [0.05, 0.1) is 0 Å². The van der Waals surface area contributed by atoms with Crippen molar-refractivity contribution < 1.29 is 0 Å². The Balaban J connectivity index is 2.43. The molecule has 0 bridgehead atoms. The average molecular weight is 198 g/mol. The van der Waals surface area contributed by atoms with Gasteiger partial charge in [-0.1, -0.05) is 13.8 Å². The molecule has 0 radical (unpaired) electrons. The van der Waals surface area contributed by atoms with Crippen molar-refractivity contribution in [3.8, 4) is 0 Å². The van der Waals surface area contributed by atoms with Gasteiger partial charge in [0.15, 0.2) is 0 Å². The zero-order valence-electron chi connectivity index (χ0n) is 10.2. The van der Waals surface area contributed by atoms with E-state index in [0.717, 1.165) is 12.0 Å². The van der Waals surface area contributed by atoms with E-state index in [4.69, 9.17) is 5.73 Å². The predicted octanol–water partition coefficient (Wildman–Crippen LogP) is 2.09. The summed E-state index contributed by atoms with van der Waals surface area (Å²) in [7, 11) is 0. The lowest BCUT2D eigenvalue weighted by Crippen LogP contribution is -2.46. The Bertz CT molecular complexity index is 168. The number of nitrogens with zero attached hydrogens (tertiary/aromatic N) is 1. The molecule has 0 spiro atoms. The molecule has 4 atom stereocenters. The topological polar surface area (TPSA) is 29.3 Å². The highest BCUT2D eigenvalue weighted by molar-refractivity contribution is 4.80. The van der Waals surface area contributed by atoms with Crippen LogP contribution in [0.5, 0.6) is 0 Å². The zero-order chi connectivity index (χ0) is 10.7. The second-order valence-electron chi connectivity index (χ2n) is 5.19. The predicted molar refractivity (Wildman–Crippen MR) is 62.2 cm³/mol. The minimum Gasteiger partial charge on any atom is -0.328 e. The molecule has 0 saturated carbocycles. The molecule has 1 aliphatic heterocycles. The van der Waals surface area contributed by atoms with Gasteiger partial charge in [0.2, 0.25) is 0 Å². The van der Waals surface area contributed by atoms with Crippen molar-refractivity contribution in [2.75, 3.05) is 13.1 Å². The minimum atomic E-state index is 0.319. The molecule has 14 heavy (non-hydrogen) atoms. The van der Waals surface area contributed by atoms with Crippen LogP contribution in [-0.4, -0.2) is 30.1 Å². The number of rotatable bonds is 3. The smallest absolute Gasteiger partial charge is 0.00926 e. The fourth-order valence-corrected chi connectivity index (χ4v) is 2.21. The average Bonchev–Trinajstić information content (AvgIpc) is 2.12. The molecule has 1 heterocycles. The van der Waals surface area contributed by atoms with Crippen molar-refractivity contribution in [1.82, 2.24) is 4.90 Å². The van der Waals surface area contributed by atoms with E-state index >= 15 is 0 Å². The third-order valence-electron chi connectivity index (χ3n) is 3.92. The van der Waals surface area contributed by atoms with Crippen LogP contribution in [-0.2, 0) is 0 Å². The SMILES string of the molecule is CC(N)C(C)CN1CCCC(C)C1C. The lowest BCUT2D eigenvalue weighted by Gasteiger charge is -2.39. The molecule has 84 valence electrons. The fraction of sp³-hybridized carbons (Fsp3) is 1.00. The Morgan fingerprint density at radius 2 is 2.00 bits per heavy atom. The molecule has 2 nitrogen and oxygen atoms in total. The van der Waals surface area contributed by atoms with Gasteiger partial charge in [-0.3, -0.25) is 0 Å². The Hall–Kier alpha value is -0.0800. The highest BCUT2D eigenvalue weighted by atomic mass is 15.2. The molecule has 2 heteroatoms. The number of hydrogen-bond donors (Lipinski definition) is 1. The first-order valence-corrected chi connectivity index (χ1v) is 6.02. The van der Waals surface area contributed by atoms with Crippen LogP contribution < -0.4 is 5.73 Å². The van der Waals surface area contributed by atoms with Gasteiger partial charge >= 0.3 is 0 Å². The molecule has 0 aromatic heterocycles. The minimum absolute atomic E-state index is 0.319. The first-order valence-electron chi connectivity index (χ1n) is 6.02. The molecular formula is C12H26N2. The molecule has 1 saturated heterocycles. The van der Waals surface area contributed by atoms with Gasteiger partial charge in [-0.2, -0.15) is 0 Å². The van der Waals surface area contributed by atoms with E-state index in [1.807, 2.05) is 0 Å². The Kier molecular flexibility index (Phi) is 4.39. The summed E-state index contributed by atoms with van der Waals surface area (Å²) in [5.74, 6) is 1.46. The third kappa shape index (κ3) is 2.96. The first-order chi connectivity index (χ1) is 6.52. The standard InChI is InChI=1S/C12H26N2/c1-9-6-5-7-14(12(9)4)8-10(2)11(3)13/h9-12H,5-8,13H2,1-4H3. The van der Waals surface area contributed by atoms with Crippen molar-refractivity contribution in [2.24, 2.45) is 17.6 Å². The van der Waals surface area contributed by atoms with E-state index in [9.17, 15) is 0 Å². The van der Waals surface area contributed by atoms with Crippen molar-refractivity contribution >= 4 is 0 Å². The number of piperidine rings is 1. The molecule has 1 rings (SSSR count). The fourth-order valence-electron chi connectivity index (χ4n) is 2.21. The Labute approximate surface area is 88.8 Å². The van der Waals surface area contributed by atoms with Crippen LogP contribution in [0, 0.1) is 11.8 Å². The third-order valence-corrected chi connectivity index (χ3v) is 3.92. The second-order valence-corrected chi connectivity index (χ2v) is 5.19. The summed E-state index contributed by atoms with van der Waals surface area (Å²) < 4.78 is 0. The molecule has 0 amide bonds. The van der Waals surface area contributed by atoms with Crippen molar-refractivity contribution in [3.63, 3.8) is 0 Å². The van der Waals surface area contributed by atoms with Crippen molar-refractivity contribution in [3.05, 3.63) is 0 Å². The highest BCUT2D eigenvalue weighted by Crippen LogP contribution is 2.23. The molecular weight excluding hydrogens is 172 g/mol. The maximum absolute atomic E-state index is 5.91. The number of likely N-dealkylation sites (tertiary alicyclic amines) is 1. The molecule has 0 aromatic rings. The van der Waals surface area contributed by atoms with E-state index in [1.165, 1.54) is 25.9 Å². The van der Waals surface area contributed by atoms with Crippen LogP contribution in [0.4, 0.5) is 0 Å². The summed E-state index contributed by atoms with van der Waals surface area (Å²) >= 11 is 0. The summed E-state index contributed by atoms with van der Waals surface area (Å²) in [4.78, 5) is 2.61. The number of nitrogens with two attached hydrogens (primary N) is 1. The van der Waals surface area contributed by atoms with Crippen LogP contribution in [0.1, 0.15) is 40.5 Å². The maximum Gasteiger partial charge on any atom is 0.00926 e. The molecule has 0 aromatic carbocycles. The maximum atomic E-state index is 5.91. The summed E-state index contributed by atoms with van der Waals surface area (Å²) in [6.45, 7) is 11.5. The van der Waals surface area contributed by atoms with Gasteiger partial charge < -0.3 is 10.6 Å². The van der Waals surface area contributed by atoms with Gasteiger partial charge in [-0.05, 0) is 45.1 Å². The van der Waals surface area contributed by atoms with Crippen LogP contribution in [0.2, 0.25) is 0 Å². The van der Waals surface area contributed by atoms with Crippen molar-refractivity contribution in [2.45, 2.75) is 52.6 Å². The second kappa shape index (κ2) is 5.13. The zero-order valence-corrected chi connectivity index (χ0v) is 10.2. The van der Waals surface area contributed by atoms with Crippen molar-refractivity contribution in [1.29, 1.82) is 0 Å². The quantitative estimate of drug-likeness (QED) is 0.752. The van der Waals surface area contributed by atoms with Gasteiger partial charge in [0.1, 0.15) is 0 Å².